The van der Waals surface area contributed by atoms with Crippen LogP contribution in [0.25, 0.3) is 0 Å². The lowest BCUT2D eigenvalue weighted by atomic mass is 10.1. The Morgan fingerprint density at radius 1 is 1.12 bits per heavy atom. The molecular weight excluding hydrogens is 324 g/mol. The van der Waals surface area contributed by atoms with E-state index >= 15 is 0 Å². The van der Waals surface area contributed by atoms with Gasteiger partial charge in [-0.3, -0.25) is 19.5 Å². The first kappa shape index (κ1) is 18.0. The highest BCUT2D eigenvalue weighted by molar-refractivity contribution is 6.23. The molecule has 0 spiro atoms. The molecule has 0 N–H and O–H groups in total. The second kappa shape index (κ2) is 7.19. The first-order chi connectivity index (χ1) is 11.9. The fourth-order valence-electron chi connectivity index (χ4n) is 3.43. The van der Waals surface area contributed by atoms with Crippen molar-refractivity contribution in [3.8, 4) is 0 Å². The molecule has 3 aliphatic heterocycles. The Morgan fingerprint density at radius 2 is 1.80 bits per heavy atom. The Hall–Kier alpha value is -1.84. The average molecular weight is 351 g/mol. The van der Waals surface area contributed by atoms with Gasteiger partial charge in [-0.1, -0.05) is 0 Å². The van der Waals surface area contributed by atoms with Crippen molar-refractivity contribution in [2.75, 3.05) is 74.1 Å². The van der Waals surface area contributed by atoms with Crippen LogP contribution in [0, 0.1) is 0 Å². The molecule has 3 amide bonds. The van der Waals surface area contributed by atoms with Gasteiger partial charge in [0.25, 0.3) is 17.8 Å². The van der Waals surface area contributed by atoms with Crippen LogP contribution in [-0.4, -0.2) is 128 Å². The van der Waals surface area contributed by atoms with Crippen LogP contribution in [-0.2, 0) is 9.53 Å². The summed E-state index contributed by atoms with van der Waals surface area (Å²) in [6.45, 7) is 5.72. The minimum atomic E-state index is -0.537. The summed E-state index contributed by atoms with van der Waals surface area (Å²) in [5, 5.41) is 0. The number of nitrogens with zero attached hydrogens (tertiary/aromatic N) is 6. The van der Waals surface area contributed by atoms with E-state index in [1.165, 1.54) is 16.8 Å². The van der Waals surface area contributed by atoms with Gasteiger partial charge in [-0.25, -0.2) is 9.37 Å². The number of carbonyl (C=O) groups excluding carboxylic acids is 2. The summed E-state index contributed by atoms with van der Waals surface area (Å²) >= 11 is 0. The molecule has 0 radical (unpaired) electrons. The molecule has 0 aliphatic carbocycles. The Bertz CT molecular complexity index is 623. The van der Waals surface area contributed by atoms with E-state index in [0.717, 1.165) is 32.0 Å². The van der Waals surface area contributed by atoms with Gasteiger partial charge in [-0.2, -0.15) is 0 Å². The summed E-state index contributed by atoms with van der Waals surface area (Å²) in [7, 11) is 6.95. The highest BCUT2D eigenvalue weighted by Gasteiger charge is 2.52. The number of carbonyl (C=O) groups is 2. The lowest BCUT2D eigenvalue weighted by molar-refractivity contribution is -0.538. The second-order valence-corrected chi connectivity index (χ2v) is 6.79. The first-order valence-electron chi connectivity index (χ1n) is 8.60. The number of aliphatic imine (C=N–C) groups is 1. The molecule has 0 aromatic rings. The zero-order chi connectivity index (χ0) is 18.1. The molecule has 2 fully saturated rings. The Labute approximate surface area is 148 Å². The summed E-state index contributed by atoms with van der Waals surface area (Å²) in [4.78, 5) is 36.9. The molecular formula is C16H27N6O3+. The van der Waals surface area contributed by atoms with Gasteiger partial charge in [0.05, 0.1) is 6.61 Å². The number of likely N-dealkylation sites (N-methyl/N-ethyl adjacent to an activating group) is 3. The quantitative estimate of drug-likeness (QED) is 0.570. The van der Waals surface area contributed by atoms with Crippen LogP contribution in [0.1, 0.15) is 0 Å². The molecule has 9 nitrogen and oxygen atoms in total. The SMILES string of the molecule is COCC[N+]1=C(CN2CCN(C)CC2)N=C2C1C(=O)N(C)C(=O)N2C. The third-order valence-corrected chi connectivity index (χ3v) is 5.11. The summed E-state index contributed by atoms with van der Waals surface area (Å²) in [5.74, 6) is 1.13. The van der Waals surface area contributed by atoms with Crippen LogP contribution in [0.4, 0.5) is 4.79 Å². The van der Waals surface area contributed by atoms with Gasteiger partial charge in [-0.15, -0.1) is 0 Å². The molecule has 0 aromatic heterocycles. The van der Waals surface area contributed by atoms with Gasteiger partial charge >= 0.3 is 11.9 Å². The van der Waals surface area contributed by atoms with Crippen LogP contribution in [0.2, 0.25) is 0 Å². The number of piperazine rings is 1. The van der Waals surface area contributed by atoms with Gasteiger partial charge in [0, 0.05) is 47.4 Å². The summed E-state index contributed by atoms with van der Waals surface area (Å²) < 4.78 is 7.20. The van der Waals surface area contributed by atoms with Crippen LogP contribution in [0.5, 0.6) is 0 Å². The fourth-order valence-corrected chi connectivity index (χ4v) is 3.43. The predicted octanol–water partition coefficient (Wildman–Crippen LogP) is -1.40. The highest BCUT2D eigenvalue weighted by atomic mass is 16.5. The van der Waals surface area contributed by atoms with Crippen molar-refractivity contribution in [1.82, 2.24) is 19.6 Å². The van der Waals surface area contributed by atoms with E-state index < -0.39 is 6.04 Å². The van der Waals surface area contributed by atoms with Crippen molar-refractivity contribution >= 4 is 23.6 Å². The maximum Gasteiger partial charge on any atom is 0.333 e. The van der Waals surface area contributed by atoms with E-state index in [0.29, 0.717) is 25.5 Å². The van der Waals surface area contributed by atoms with Crippen LogP contribution in [0.15, 0.2) is 4.99 Å². The lowest BCUT2D eigenvalue weighted by Crippen LogP contribution is -2.61. The van der Waals surface area contributed by atoms with E-state index in [-0.39, 0.29) is 11.9 Å². The number of rotatable bonds is 5. The van der Waals surface area contributed by atoms with Crippen molar-refractivity contribution in [3.05, 3.63) is 0 Å². The summed E-state index contributed by atoms with van der Waals surface area (Å²) in [6, 6.07) is -0.877. The van der Waals surface area contributed by atoms with Crippen molar-refractivity contribution in [2.45, 2.75) is 6.04 Å². The van der Waals surface area contributed by atoms with Gasteiger partial charge in [0.2, 0.25) is 0 Å². The van der Waals surface area contributed by atoms with E-state index in [1.807, 2.05) is 4.58 Å². The standard InChI is InChI=1S/C16H27N6O3/c1-18-5-7-21(8-6-18)11-12-17-14-13(22(12)9-10-25-4)15(23)20(3)16(24)19(14)2/h13H,5-11H2,1-4H3/q+1. The number of fused-ring (bicyclic) bond motifs is 1. The fraction of sp³-hybridized carbons (Fsp3) is 0.750. The molecule has 9 heteroatoms. The number of amidine groups is 2. The molecule has 25 heavy (non-hydrogen) atoms. The molecule has 138 valence electrons. The Balaban J connectivity index is 1.86. The number of imide groups is 1. The zero-order valence-electron chi connectivity index (χ0n) is 15.4. The molecule has 3 heterocycles. The van der Waals surface area contributed by atoms with E-state index in [4.69, 9.17) is 4.74 Å². The topological polar surface area (TPSA) is 71.7 Å². The highest BCUT2D eigenvalue weighted by Crippen LogP contribution is 2.19. The molecule has 3 aliphatic rings. The maximum absolute atomic E-state index is 12.7. The van der Waals surface area contributed by atoms with Crippen molar-refractivity contribution < 1.29 is 18.9 Å². The van der Waals surface area contributed by atoms with Gasteiger partial charge in [0.1, 0.15) is 13.1 Å². The minimum Gasteiger partial charge on any atom is -0.381 e. The molecule has 2 saturated heterocycles. The third-order valence-electron chi connectivity index (χ3n) is 5.11. The average Bonchev–Trinajstić information content (AvgIpc) is 2.96. The predicted molar refractivity (Wildman–Crippen MR) is 93.1 cm³/mol. The van der Waals surface area contributed by atoms with E-state index in [2.05, 4.69) is 21.8 Å². The number of hydrogen-bond donors (Lipinski definition) is 0. The normalized spacial score (nSPS) is 25.8. The third kappa shape index (κ3) is 3.31. The molecule has 3 rings (SSSR count). The molecule has 1 unspecified atom stereocenters. The smallest absolute Gasteiger partial charge is 0.333 e. The Kier molecular flexibility index (Phi) is 5.16. The van der Waals surface area contributed by atoms with Crippen LogP contribution >= 0.6 is 0 Å². The van der Waals surface area contributed by atoms with Gasteiger partial charge in [-0.05, 0) is 12.0 Å². The Morgan fingerprint density at radius 3 is 2.44 bits per heavy atom. The molecule has 0 saturated carbocycles. The van der Waals surface area contributed by atoms with Gasteiger partial charge in [0.15, 0.2) is 0 Å². The molecule has 0 aromatic carbocycles. The minimum absolute atomic E-state index is 0.230. The van der Waals surface area contributed by atoms with Crippen molar-refractivity contribution in [2.24, 2.45) is 4.99 Å². The number of hydrogen-bond acceptors (Lipinski definition) is 6. The van der Waals surface area contributed by atoms with E-state index in [1.54, 1.807) is 14.2 Å². The molecule has 0 bridgehead atoms. The lowest BCUT2D eigenvalue weighted by Gasteiger charge is -2.31. The van der Waals surface area contributed by atoms with Crippen molar-refractivity contribution in [1.29, 1.82) is 0 Å². The largest absolute Gasteiger partial charge is 0.381 e. The van der Waals surface area contributed by atoms with E-state index in [9.17, 15) is 9.59 Å². The van der Waals surface area contributed by atoms with Crippen molar-refractivity contribution in [3.63, 3.8) is 0 Å². The van der Waals surface area contributed by atoms with Gasteiger partial charge < -0.3 is 9.64 Å². The number of urea groups is 1. The summed E-state index contributed by atoms with van der Waals surface area (Å²) in [5.41, 5.74) is 0. The van der Waals surface area contributed by atoms with Crippen LogP contribution in [0.3, 0.4) is 0 Å². The first-order valence-corrected chi connectivity index (χ1v) is 8.60. The number of methoxy groups -OCH3 is 1. The molecule has 1 atom stereocenters. The summed E-state index contributed by atoms with van der Waals surface area (Å²) in [6.07, 6.45) is 0. The monoisotopic (exact) mass is 351 g/mol. The second-order valence-electron chi connectivity index (χ2n) is 6.79. The number of amides is 3. The zero-order valence-corrected chi connectivity index (χ0v) is 15.4. The van der Waals surface area contributed by atoms with Crippen LogP contribution < -0.4 is 0 Å². The number of ether oxygens (including phenoxy) is 1. The maximum atomic E-state index is 12.7.